The van der Waals surface area contributed by atoms with Crippen LogP contribution in [0.3, 0.4) is 0 Å². The number of hydrogen-bond acceptors (Lipinski definition) is 4. The predicted octanol–water partition coefficient (Wildman–Crippen LogP) is 1.96. The molecule has 1 aliphatic heterocycles. The summed E-state index contributed by atoms with van der Waals surface area (Å²) in [6, 6.07) is 4.13. The number of anilines is 1. The summed E-state index contributed by atoms with van der Waals surface area (Å²) in [7, 11) is 0. The van der Waals surface area contributed by atoms with Crippen LogP contribution >= 0.6 is 12.4 Å². The lowest BCUT2D eigenvalue weighted by molar-refractivity contribution is -0.128. The summed E-state index contributed by atoms with van der Waals surface area (Å²) in [5.41, 5.74) is 0.483. The summed E-state index contributed by atoms with van der Waals surface area (Å²) in [5.74, 6) is 0.307. The van der Waals surface area contributed by atoms with Crippen LogP contribution in [-0.4, -0.2) is 38.3 Å². The molecule has 2 aliphatic rings. The zero-order valence-electron chi connectivity index (χ0n) is 12.1. The summed E-state index contributed by atoms with van der Waals surface area (Å²) >= 11 is 0. The van der Waals surface area contributed by atoms with Crippen molar-refractivity contribution in [1.29, 1.82) is 0 Å². The van der Waals surface area contributed by atoms with Gasteiger partial charge in [-0.25, -0.2) is 4.39 Å². The van der Waals surface area contributed by atoms with E-state index in [1.165, 1.54) is 18.2 Å². The third-order valence-electron chi connectivity index (χ3n) is 3.59. The molecule has 1 amide bonds. The van der Waals surface area contributed by atoms with Crippen molar-refractivity contribution in [2.45, 2.75) is 18.9 Å². The van der Waals surface area contributed by atoms with E-state index in [1.807, 2.05) is 0 Å². The molecule has 1 atom stereocenters. The van der Waals surface area contributed by atoms with Crippen molar-refractivity contribution in [3.05, 3.63) is 24.0 Å². The van der Waals surface area contributed by atoms with Crippen molar-refractivity contribution in [1.82, 2.24) is 5.32 Å². The van der Waals surface area contributed by atoms with Gasteiger partial charge in [0, 0.05) is 19.2 Å². The highest BCUT2D eigenvalue weighted by Crippen LogP contribution is 2.32. The second-order valence-electron chi connectivity index (χ2n) is 5.45. The average Bonchev–Trinajstić information content (AvgIpc) is 3.32. The maximum Gasteiger partial charge on any atom is 0.254 e. The van der Waals surface area contributed by atoms with E-state index in [0.29, 0.717) is 37.1 Å². The summed E-state index contributed by atoms with van der Waals surface area (Å²) in [5, 5.41) is 5.85. The van der Waals surface area contributed by atoms with E-state index in [9.17, 15) is 9.18 Å². The monoisotopic (exact) mass is 330 g/mol. The second kappa shape index (κ2) is 7.76. The quantitative estimate of drug-likeness (QED) is 0.866. The molecule has 0 aromatic heterocycles. The molecule has 0 radical (unpaired) electrons. The molecule has 1 aromatic rings. The SMILES string of the molecule is Cl.O=C(Nc1ccc(F)cc1OCC1CC1)C1CNCCO1. The fourth-order valence-corrected chi connectivity index (χ4v) is 2.16. The number of rotatable bonds is 5. The Balaban J connectivity index is 0.00000176. The summed E-state index contributed by atoms with van der Waals surface area (Å²) in [6.45, 7) is 2.29. The molecule has 7 heteroatoms. The summed E-state index contributed by atoms with van der Waals surface area (Å²) in [6.07, 6.45) is 1.78. The van der Waals surface area contributed by atoms with Crippen LogP contribution in [0.1, 0.15) is 12.8 Å². The third-order valence-corrected chi connectivity index (χ3v) is 3.59. The first-order valence-corrected chi connectivity index (χ1v) is 7.28. The van der Waals surface area contributed by atoms with Gasteiger partial charge >= 0.3 is 0 Å². The van der Waals surface area contributed by atoms with Crippen molar-refractivity contribution in [2.24, 2.45) is 5.92 Å². The molecular formula is C15H20ClFN2O3. The number of halogens is 2. The van der Waals surface area contributed by atoms with Crippen LogP contribution < -0.4 is 15.4 Å². The maximum absolute atomic E-state index is 13.4. The van der Waals surface area contributed by atoms with Gasteiger partial charge < -0.3 is 20.1 Å². The smallest absolute Gasteiger partial charge is 0.254 e. The standard InChI is InChI=1S/C15H19FN2O3.ClH/c16-11-3-4-12(13(7-11)21-9-10-1-2-10)18-15(19)14-8-17-5-6-20-14;/h3-4,7,10,14,17H,1-2,5-6,8-9H2,(H,18,19);1H. The van der Waals surface area contributed by atoms with Gasteiger partial charge in [0.2, 0.25) is 0 Å². The number of morpholine rings is 1. The number of amides is 1. The first-order chi connectivity index (χ1) is 10.2. The molecular weight excluding hydrogens is 311 g/mol. The highest BCUT2D eigenvalue weighted by molar-refractivity contribution is 5.95. The molecule has 22 heavy (non-hydrogen) atoms. The molecule has 3 rings (SSSR count). The van der Waals surface area contributed by atoms with E-state index < -0.39 is 6.10 Å². The first-order valence-electron chi connectivity index (χ1n) is 7.28. The first kappa shape index (κ1) is 17.0. The van der Waals surface area contributed by atoms with E-state index in [2.05, 4.69) is 10.6 Å². The highest BCUT2D eigenvalue weighted by atomic mass is 35.5. The average molecular weight is 331 g/mol. The van der Waals surface area contributed by atoms with Gasteiger partial charge in [-0.3, -0.25) is 4.79 Å². The van der Waals surface area contributed by atoms with E-state index in [-0.39, 0.29) is 24.1 Å². The molecule has 1 aromatic carbocycles. The van der Waals surface area contributed by atoms with Crippen molar-refractivity contribution >= 4 is 24.0 Å². The topological polar surface area (TPSA) is 59.6 Å². The molecule has 1 unspecified atom stereocenters. The Morgan fingerprint density at radius 2 is 2.27 bits per heavy atom. The minimum atomic E-state index is -0.528. The molecule has 2 fully saturated rings. The van der Waals surface area contributed by atoms with Crippen molar-refractivity contribution in [2.75, 3.05) is 31.6 Å². The minimum absolute atomic E-state index is 0. The Morgan fingerprint density at radius 3 is 2.95 bits per heavy atom. The second-order valence-corrected chi connectivity index (χ2v) is 5.45. The number of nitrogens with one attached hydrogen (secondary N) is 2. The Hall–Kier alpha value is -1.37. The molecule has 0 bridgehead atoms. The van der Waals surface area contributed by atoms with E-state index in [4.69, 9.17) is 9.47 Å². The largest absolute Gasteiger partial charge is 0.491 e. The number of carbonyl (C=O) groups excluding carboxylic acids is 1. The normalized spacial score (nSPS) is 20.9. The zero-order chi connectivity index (χ0) is 14.7. The van der Waals surface area contributed by atoms with Gasteiger partial charge in [-0.15, -0.1) is 12.4 Å². The van der Waals surface area contributed by atoms with Crippen LogP contribution in [0.4, 0.5) is 10.1 Å². The van der Waals surface area contributed by atoms with Crippen molar-refractivity contribution in [3.63, 3.8) is 0 Å². The van der Waals surface area contributed by atoms with Crippen LogP contribution in [0.25, 0.3) is 0 Å². The Kier molecular flexibility index (Phi) is 5.99. The zero-order valence-corrected chi connectivity index (χ0v) is 13.0. The molecule has 5 nitrogen and oxygen atoms in total. The van der Waals surface area contributed by atoms with Gasteiger partial charge in [-0.2, -0.15) is 0 Å². The van der Waals surface area contributed by atoms with Gasteiger partial charge in [0.25, 0.3) is 5.91 Å². The van der Waals surface area contributed by atoms with Crippen LogP contribution in [0.2, 0.25) is 0 Å². The number of benzene rings is 1. The van der Waals surface area contributed by atoms with Crippen molar-refractivity contribution in [3.8, 4) is 5.75 Å². The van der Waals surface area contributed by atoms with Crippen LogP contribution in [0.15, 0.2) is 18.2 Å². The molecule has 2 N–H and O–H groups in total. The molecule has 1 saturated carbocycles. The highest BCUT2D eigenvalue weighted by Gasteiger charge is 2.24. The molecule has 1 saturated heterocycles. The lowest BCUT2D eigenvalue weighted by Crippen LogP contribution is -2.45. The van der Waals surface area contributed by atoms with Gasteiger partial charge in [0.1, 0.15) is 17.7 Å². The molecule has 0 spiro atoms. The van der Waals surface area contributed by atoms with E-state index in [0.717, 1.165) is 19.4 Å². The van der Waals surface area contributed by atoms with E-state index in [1.54, 1.807) is 0 Å². The fraction of sp³-hybridized carbons (Fsp3) is 0.533. The van der Waals surface area contributed by atoms with Gasteiger partial charge in [-0.05, 0) is 30.9 Å². The van der Waals surface area contributed by atoms with E-state index >= 15 is 0 Å². The molecule has 122 valence electrons. The molecule has 1 heterocycles. The van der Waals surface area contributed by atoms with Gasteiger partial charge in [0.05, 0.1) is 18.9 Å². The van der Waals surface area contributed by atoms with Gasteiger partial charge in [0.15, 0.2) is 0 Å². The summed E-state index contributed by atoms with van der Waals surface area (Å²) < 4.78 is 24.4. The summed E-state index contributed by atoms with van der Waals surface area (Å²) in [4.78, 5) is 12.1. The van der Waals surface area contributed by atoms with Crippen LogP contribution in [-0.2, 0) is 9.53 Å². The molecule has 1 aliphatic carbocycles. The van der Waals surface area contributed by atoms with Crippen LogP contribution in [0.5, 0.6) is 5.75 Å². The van der Waals surface area contributed by atoms with Crippen LogP contribution in [0, 0.1) is 11.7 Å². The Morgan fingerprint density at radius 1 is 1.45 bits per heavy atom. The number of hydrogen-bond donors (Lipinski definition) is 2. The fourth-order valence-electron chi connectivity index (χ4n) is 2.16. The number of ether oxygens (including phenoxy) is 2. The third kappa shape index (κ3) is 4.56. The van der Waals surface area contributed by atoms with Gasteiger partial charge in [-0.1, -0.05) is 0 Å². The lowest BCUT2D eigenvalue weighted by atomic mass is 10.2. The Bertz CT molecular complexity index is 520. The lowest BCUT2D eigenvalue weighted by Gasteiger charge is -2.23. The number of carbonyl (C=O) groups is 1. The Labute approximate surface area is 135 Å². The maximum atomic E-state index is 13.4. The predicted molar refractivity (Wildman–Crippen MR) is 83.1 cm³/mol. The van der Waals surface area contributed by atoms with Crippen molar-refractivity contribution < 1.29 is 18.7 Å². The minimum Gasteiger partial charge on any atom is -0.491 e.